The molecule has 0 saturated heterocycles. The van der Waals surface area contributed by atoms with Gasteiger partial charge in [-0.1, -0.05) is 0 Å². The van der Waals surface area contributed by atoms with Crippen LogP contribution in [0.2, 0.25) is 0 Å². The fourth-order valence-electron chi connectivity index (χ4n) is 1.75. The molecule has 1 heterocycles. The van der Waals surface area contributed by atoms with Gasteiger partial charge in [0.1, 0.15) is 5.82 Å². The Morgan fingerprint density at radius 2 is 2.33 bits per heavy atom. The summed E-state index contributed by atoms with van der Waals surface area (Å²) in [5.41, 5.74) is 7.21. The summed E-state index contributed by atoms with van der Waals surface area (Å²) < 4.78 is 6.35. The topological polar surface area (TPSA) is 70.1 Å². The van der Waals surface area contributed by atoms with Gasteiger partial charge < -0.3 is 10.5 Å². The summed E-state index contributed by atoms with van der Waals surface area (Å²) in [4.78, 5) is 11.5. The molecule has 2 rings (SSSR count). The maximum absolute atomic E-state index is 11.5. The van der Waals surface area contributed by atoms with Crippen LogP contribution < -0.4 is 5.73 Å². The highest BCUT2D eigenvalue weighted by Gasteiger charge is 2.34. The van der Waals surface area contributed by atoms with Crippen LogP contribution in [-0.2, 0) is 11.3 Å². The molecule has 0 spiro atoms. The van der Waals surface area contributed by atoms with Crippen LogP contribution in [0.3, 0.4) is 0 Å². The van der Waals surface area contributed by atoms with Crippen molar-refractivity contribution in [1.82, 2.24) is 9.78 Å². The van der Waals surface area contributed by atoms with Crippen LogP contribution in [0, 0.1) is 0 Å². The molecule has 5 nitrogen and oxygen atoms in total. The minimum atomic E-state index is -0.393. The molecule has 0 atom stereocenters. The summed E-state index contributed by atoms with van der Waals surface area (Å²) >= 11 is 0. The molecule has 2 N–H and O–H groups in total. The minimum absolute atomic E-state index is 0.388. The molecule has 0 unspecified atom stereocenters. The monoisotopic (exact) mass is 209 g/mol. The number of aryl methyl sites for hydroxylation is 1. The summed E-state index contributed by atoms with van der Waals surface area (Å²) in [7, 11) is 1.36. The van der Waals surface area contributed by atoms with E-state index in [0.29, 0.717) is 24.0 Å². The zero-order chi connectivity index (χ0) is 11.0. The number of nitrogens with zero attached hydrogens (tertiary/aromatic N) is 2. The number of nitrogen functional groups attached to an aromatic ring is 1. The zero-order valence-corrected chi connectivity index (χ0v) is 8.99. The van der Waals surface area contributed by atoms with Crippen molar-refractivity contribution in [3.8, 4) is 0 Å². The first-order chi connectivity index (χ1) is 7.19. The SMILES string of the molecule is CCn1nc(C(=O)OC)c(C2CC2)c1N. The highest BCUT2D eigenvalue weighted by molar-refractivity contribution is 5.90. The normalized spacial score (nSPS) is 15.3. The summed E-state index contributed by atoms with van der Waals surface area (Å²) in [5, 5.41) is 4.18. The second-order valence-electron chi connectivity index (χ2n) is 3.73. The molecule has 0 amide bonds. The molecule has 1 saturated carbocycles. The van der Waals surface area contributed by atoms with Gasteiger partial charge in [0.2, 0.25) is 0 Å². The minimum Gasteiger partial charge on any atom is -0.464 e. The van der Waals surface area contributed by atoms with Crippen molar-refractivity contribution in [2.75, 3.05) is 12.8 Å². The Labute approximate surface area is 88.2 Å². The van der Waals surface area contributed by atoms with Crippen LogP contribution in [0.5, 0.6) is 0 Å². The van der Waals surface area contributed by atoms with Gasteiger partial charge in [-0.05, 0) is 25.7 Å². The van der Waals surface area contributed by atoms with Gasteiger partial charge >= 0.3 is 5.97 Å². The molecule has 15 heavy (non-hydrogen) atoms. The lowest BCUT2D eigenvalue weighted by Crippen LogP contribution is -2.06. The second kappa shape index (κ2) is 3.56. The molecule has 1 fully saturated rings. The van der Waals surface area contributed by atoms with Gasteiger partial charge in [0.15, 0.2) is 5.69 Å². The number of carbonyl (C=O) groups excluding carboxylic acids is 1. The van der Waals surface area contributed by atoms with E-state index < -0.39 is 5.97 Å². The summed E-state index contributed by atoms with van der Waals surface area (Å²) in [6, 6.07) is 0. The van der Waals surface area contributed by atoms with E-state index >= 15 is 0 Å². The standard InChI is InChI=1S/C10H15N3O2/c1-3-13-9(11)7(6-4-5-6)8(12-13)10(14)15-2/h6H,3-5,11H2,1-2H3. The molecule has 0 aliphatic heterocycles. The van der Waals surface area contributed by atoms with E-state index in [1.165, 1.54) is 7.11 Å². The number of anilines is 1. The van der Waals surface area contributed by atoms with E-state index in [4.69, 9.17) is 10.5 Å². The van der Waals surface area contributed by atoms with Crippen molar-refractivity contribution in [2.24, 2.45) is 0 Å². The molecule has 1 aromatic rings. The van der Waals surface area contributed by atoms with Crippen molar-refractivity contribution in [1.29, 1.82) is 0 Å². The fraction of sp³-hybridized carbons (Fsp3) is 0.600. The van der Waals surface area contributed by atoms with Crippen LogP contribution in [0.15, 0.2) is 0 Å². The van der Waals surface area contributed by atoms with Gasteiger partial charge in [0.25, 0.3) is 0 Å². The lowest BCUT2D eigenvalue weighted by atomic mass is 10.1. The van der Waals surface area contributed by atoms with Crippen LogP contribution in [-0.4, -0.2) is 22.9 Å². The van der Waals surface area contributed by atoms with Gasteiger partial charge in [-0.3, -0.25) is 0 Å². The van der Waals surface area contributed by atoms with Gasteiger partial charge in [-0.15, -0.1) is 0 Å². The lowest BCUT2D eigenvalue weighted by molar-refractivity contribution is 0.0591. The van der Waals surface area contributed by atoms with Gasteiger partial charge in [-0.2, -0.15) is 5.10 Å². The molecule has 1 aliphatic rings. The van der Waals surface area contributed by atoms with E-state index in [1.807, 2.05) is 6.92 Å². The Bertz CT molecular complexity index is 394. The Morgan fingerprint density at radius 1 is 1.67 bits per heavy atom. The quantitative estimate of drug-likeness (QED) is 0.758. The highest BCUT2D eigenvalue weighted by atomic mass is 16.5. The van der Waals surface area contributed by atoms with E-state index in [2.05, 4.69) is 5.10 Å². The van der Waals surface area contributed by atoms with Gasteiger partial charge in [0.05, 0.1) is 7.11 Å². The van der Waals surface area contributed by atoms with Gasteiger partial charge in [-0.25, -0.2) is 9.48 Å². The van der Waals surface area contributed by atoms with Crippen LogP contribution in [0.4, 0.5) is 5.82 Å². The van der Waals surface area contributed by atoms with Crippen molar-refractivity contribution < 1.29 is 9.53 Å². The lowest BCUT2D eigenvalue weighted by Gasteiger charge is -2.00. The van der Waals surface area contributed by atoms with Crippen LogP contribution in [0.25, 0.3) is 0 Å². The number of hydrogen-bond acceptors (Lipinski definition) is 4. The maximum Gasteiger partial charge on any atom is 0.358 e. The molecule has 5 heteroatoms. The third kappa shape index (κ3) is 1.58. The number of aromatic nitrogens is 2. The molecule has 0 bridgehead atoms. The Kier molecular flexibility index (Phi) is 2.38. The molecular weight excluding hydrogens is 194 g/mol. The number of methoxy groups -OCH3 is 1. The Balaban J connectivity index is 2.47. The fourth-order valence-corrected chi connectivity index (χ4v) is 1.75. The van der Waals surface area contributed by atoms with Crippen molar-refractivity contribution in [2.45, 2.75) is 32.2 Å². The Hall–Kier alpha value is -1.52. The Morgan fingerprint density at radius 3 is 2.80 bits per heavy atom. The van der Waals surface area contributed by atoms with Crippen LogP contribution in [0.1, 0.15) is 41.7 Å². The molecule has 0 aromatic carbocycles. The largest absolute Gasteiger partial charge is 0.464 e. The predicted molar refractivity (Wildman–Crippen MR) is 55.6 cm³/mol. The first-order valence-corrected chi connectivity index (χ1v) is 5.13. The number of carbonyl (C=O) groups is 1. The number of rotatable bonds is 3. The number of ether oxygens (including phenoxy) is 1. The predicted octanol–water partition coefficient (Wildman–Crippen LogP) is 1.15. The first-order valence-electron chi connectivity index (χ1n) is 5.13. The number of hydrogen-bond donors (Lipinski definition) is 1. The van der Waals surface area contributed by atoms with E-state index in [0.717, 1.165) is 18.4 Å². The third-order valence-electron chi connectivity index (χ3n) is 2.69. The summed E-state index contributed by atoms with van der Waals surface area (Å²) in [5.74, 6) is 0.621. The van der Waals surface area contributed by atoms with Crippen molar-refractivity contribution >= 4 is 11.8 Å². The van der Waals surface area contributed by atoms with E-state index in [1.54, 1.807) is 4.68 Å². The average molecular weight is 209 g/mol. The molecular formula is C10H15N3O2. The van der Waals surface area contributed by atoms with Crippen molar-refractivity contribution in [3.05, 3.63) is 11.3 Å². The second-order valence-corrected chi connectivity index (χ2v) is 3.73. The zero-order valence-electron chi connectivity index (χ0n) is 8.99. The van der Waals surface area contributed by atoms with Crippen molar-refractivity contribution in [3.63, 3.8) is 0 Å². The summed E-state index contributed by atoms with van der Waals surface area (Å²) in [6.45, 7) is 2.61. The third-order valence-corrected chi connectivity index (χ3v) is 2.69. The summed E-state index contributed by atoms with van der Waals surface area (Å²) in [6.07, 6.45) is 2.17. The molecule has 82 valence electrons. The number of esters is 1. The number of nitrogens with two attached hydrogens (primary N) is 1. The smallest absolute Gasteiger partial charge is 0.358 e. The maximum atomic E-state index is 11.5. The van der Waals surface area contributed by atoms with Gasteiger partial charge in [0, 0.05) is 12.1 Å². The van der Waals surface area contributed by atoms with E-state index in [9.17, 15) is 4.79 Å². The highest BCUT2D eigenvalue weighted by Crippen LogP contribution is 2.44. The molecule has 1 aliphatic carbocycles. The van der Waals surface area contributed by atoms with Crippen LogP contribution >= 0.6 is 0 Å². The van der Waals surface area contributed by atoms with E-state index in [-0.39, 0.29) is 0 Å². The first kappa shape index (κ1) is 10.0. The molecule has 0 radical (unpaired) electrons. The molecule has 1 aromatic heterocycles. The average Bonchev–Trinajstić information content (AvgIpc) is 3.02.